The van der Waals surface area contributed by atoms with Crippen molar-refractivity contribution in [2.45, 2.75) is 38.8 Å². The molecule has 1 aromatic carbocycles. The number of nitriles is 1. The van der Waals surface area contributed by atoms with Crippen LogP contribution in [0.5, 0.6) is 0 Å². The molecule has 1 fully saturated rings. The monoisotopic (exact) mass is 329 g/mol. The Labute approximate surface area is 145 Å². The van der Waals surface area contributed by atoms with E-state index in [1.54, 1.807) is 0 Å². The molecule has 1 aromatic rings. The smallest absolute Gasteiger partial charge is 0.276 e. The predicted molar refractivity (Wildman–Crippen MR) is 95.7 cm³/mol. The standard InChI is InChI=1S/C19H28N4O/c1-5-23(12-15-6-10-17(11-7-15)22(3)4)13-18(24)21-19(2,14-20)16-8-9-16/h6-7,10-11,16H,5,8-9,12-13H2,1-4H3,(H,21,24)/p+1/t19-/m1/s1. The Morgan fingerprint density at radius 2 is 2.00 bits per heavy atom. The van der Waals surface area contributed by atoms with Crippen molar-refractivity contribution in [1.29, 1.82) is 5.26 Å². The van der Waals surface area contributed by atoms with Gasteiger partial charge in [-0.3, -0.25) is 4.79 Å². The summed E-state index contributed by atoms with van der Waals surface area (Å²) in [6.45, 7) is 6.01. The van der Waals surface area contributed by atoms with E-state index in [-0.39, 0.29) is 5.91 Å². The van der Waals surface area contributed by atoms with Gasteiger partial charge < -0.3 is 15.1 Å². The minimum Gasteiger partial charge on any atom is -0.378 e. The number of likely N-dealkylation sites (N-methyl/N-ethyl adjacent to an activating group) is 1. The average Bonchev–Trinajstić information content (AvgIpc) is 3.39. The highest BCUT2D eigenvalue weighted by Gasteiger charge is 2.43. The second-order valence-corrected chi connectivity index (χ2v) is 7.15. The van der Waals surface area contributed by atoms with Gasteiger partial charge in [0, 0.05) is 25.3 Å². The van der Waals surface area contributed by atoms with Crippen molar-refractivity contribution in [2.75, 3.05) is 32.1 Å². The quantitative estimate of drug-likeness (QED) is 0.747. The van der Waals surface area contributed by atoms with E-state index in [1.807, 2.05) is 21.0 Å². The van der Waals surface area contributed by atoms with Gasteiger partial charge in [0.05, 0.1) is 12.6 Å². The van der Waals surface area contributed by atoms with Crippen LogP contribution in [0.1, 0.15) is 32.3 Å². The molecule has 0 aliphatic heterocycles. The van der Waals surface area contributed by atoms with Crippen LogP contribution in [-0.2, 0) is 11.3 Å². The lowest BCUT2D eigenvalue weighted by molar-refractivity contribution is -0.904. The molecule has 24 heavy (non-hydrogen) atoms. The minimum atomic E-state index is -0.705. The lowest BCUT2D eigenvalue weighted by Gasteiger charge is -2.24. The molecule has 5 heteroatoms. The molecule has 1 aliphatic carbocycles. The van der Waals surface area contributed by atoms with Gasteiger partial charge in [-0.15, -0.1) is 0 Å². The Bertz CT molecular complexity index is 601. The van der Waals surface area contributed by atoms with E-state index in [0.29, 0.717) is 12.5 Å². The lowest BCUT2D eigenvalue weighted by Crippen LogP contribution is -3.11. The molecule has 1 amide bonds. The summed E-state index contributed by atoms with van der Waals surface area (Å²) >= 11 is 0. The first kappa shape index (κ1) is 18.3. The summed E-state index contributed by atoms with van der Waals surface area (Å²) in [7, 11) is 4.05. The molecule has 2 atom stereocenters. The summed E-state index contributed by atoms with van der Waals surface area (Å²) in [6, 6.07) is 10.7. The number of amides is 1. The number of hydrogen-bond acceptors (Lipinski definition) is 3. The van der Waals surface area contributed by atoms with Gasteiger partial charge in [0.1, 0.15) is 12.1 Å². The fourth-order valence-corrected chi connectivity index (χ4v) is 2.96. The van der Waals surface area contributed by atoms with Crippen molar-refractivity contribution in [2.24, 2.45) is 5.92 Å². The SMILES string of the molecule is CC[NH+](CC(=O)N[C@](C)(C#N)C1CC1)Cc1ccc(N(C)C)cc1. The maximum absolute atomic E-state index is 12.4. The number of nitrogens with zero attached hydrogens (tertiary/aromatic N) is 2. The lowest BCUT2D eigenvalue weighted by atomic mass is 9.98. The topological polar surface area (TPSA) is 60.6 Å². The van der Waals surface area contributed by atoms with E-state index >= 15 is 0 Å². The molecule has 5 nitrogen and oxygen atoms in total. The Morgan fingerprint density at radius 1 is 1.38 bits per heavy atom. The highest BCUT2D eigenvalue weighted by Crippen LogP contribution is 2.39. The summed E-state index contributed by atoms with van der Waals surface area (Å²) in [4.78, 5) is 15.6. The van der Waals surface area contributed by atoms with E-state index in [0.717, 1.165) is 25.9 Å². The van der Waals surface area contributed by atoms with Crippen molar-refractivity contribution in [3.63, 3.8) is 0 Å². The molecule has 0 saturated heterocycles. The van der Waals surface area contributed by atoms with Gasteiger partial charge >= 0.3 is 0 Å². The Hall–Kier alpha value is -2.06. The molecule has 1 aliphatic rings. The zero-order chi connectivity index (χ0) is 17.7. The third kappa shape index (κ3) is 4.72. The van der Waals surface area contributed by atoms with Crippen molar-refractivity contribution in [3.05, 3.63) is 29.8 Å². The van der Waals surface area contributed by atoms with E-state index < -0.39 is 5.54 Å². The minimum absolute atomic E-state index is 0.0345. The molecule has 2 rings (SSSR count). The van der Waals surface area contributed by atoms with Crippen LogP contribution in [-0.4, -0.2) is 38.6 Å². The third-order valence-corrected chi connectivity index (χ3v) is 4.84. The number of nitrogens with one attached hydrogen (secondary N) is 2. The highest BCUT2D eigenvalue weighted by atomic mass is 16.2. The average molecular weight is 329 g/mol. The Morgan fingerprint density at radius 3 is 2.46 bits per heavy atom. The number of carbonyl (C=O) groups excluding carboxylic acids is 1. The van der Waals surface area contributed by atoms with Gasteiger partial charge in [-0.25, -0.2) is 0 Å². The predicted octanol–water partition coefficient (Wildman–Crippen LogP) is 0.966. The summed E-state index contributed by atoms with van der Waals surface area (Å²) in [5.41, 5.74) is 1.68. The molecule has 0 bridgehead atoms. The van der Waals surface area contributed by atoms with Gasteiger partial charge in [0.25, 0.3) is 5.91 Å². The molecule has 0 aromatic heterocycles. The summed E-state index contributed by atoms with van der Waals surface area (Å²) in [5, 5.41) is 12.3. The molecule has 0 spiro atoms. The second kappa shape index (κ2) is 7.67. The van der Waals surface area contributed by atoms with Gasteiger partial charge in [-0.1, -0.05) is 12.1 Å². The van der Waals surface area contributed by atoms with Crippen molar-refractivity contribution < 1.29 is 9.69 Å². The summed E-state index contributed by atoms with van der Waals surface area (Å²) in [6.07, 6.45) is 2.07. The largest absolute Gasteiger partial charge is 0.378 e. The molecule has 0 heterocycles. The van der Waals surface area contributed by atoms with Crippen molar-refractivity contribution in [3.8, 4) is 6.07 Å². The second-order valence-electron chi connectivity index (χ2n) is 7.15. The number of benzene rings is 1. The number of rotatable bonds is 8. The maximum atomic E-state index is 12.4. The number of hydrogen-bond donors (Lipinski definition) is 2. The fraction of sp³-hybridized carbons (Fsp3) is 0.579. The van der Waals surface area contributed by atoms with Gasteiger partial charge in [-0.2, -0.15) is 5.26 Å². The van der Waals surface area contributed by atoms with Crippen LogP contribution in [0.15, 0.2) is 24.3 Å². The van der Waals surface area contributed by atoms with Crippen LogP contribution in [0, 0.1) is 17.2 Å². The van der Waals surface area contributed by atoms with Crippen LogP contribution < -0.4 is 15.1 Å². The van der Waals surface area contributed by atoms with Crippen LogP contribution in [0.25, 0.3) is 0 Å². The van der Waals surface area contributed by atoms with Crippen LogP contribution >= 0.6 is 0 Å². The highest BCUT2D eigenvalue weighted by molar-refractivity contribution is 5.78. The molecule has 130 valence electrons. The van der Waals surface area contributed by atoms with Crippen molar-refractivity contribution in [1.82, 2.24) is 5.32 Å². The molecular formula is C19H29N4O+. The number of carbonyl (C=O) groups is 1. The molecule has 1 saturated carbocycles. The fourth-order valence-electron chi connectivity index (χ4n) is 2.96. The first-order valence-electron chi connectivity index (χ1n) is 8.70. The van der Waals surface area contributed by atoms with Crippen LogP contribution in [0.2, 0.25) is 0 Å². The zero-order valence-corrected chi connectivity index (χ0v) is 15.2. The Kier molecular flexibility index (Phi) is 5.84. The van der Waals surface area contributed by atoms with Crippen molar-refractivity contribution >= 4 is 11.6 Å². The molecule has 1 unspecified atom stereocenters. The van der Waals surface area contributed by atoms with E-state index in [2.05, 4.69) is 47.5 Å². The third-order valence-electron chi connectivity index (χ3n) is 4.84. The normalized spacial score (nSPS) is 17.5. The van der Waals surface area contributed by atoms with Gasteiger partial charge in [0.2, 0.25) is 0 Å². The molecular weight excluding hydrogens is 300 g/mol. The van der Waals surface area contributed by atoms with E-state index in [1.165, 1.54) is 16.2 Å². The maximum Gasteiger partial charge on any atom is 0.276 e. The van der Waals surface area contributed by atoms with Gasteiger partial charge in [0.15, 0.2) is 6.54 Å². The Balaban J connectivity index is 1.91. The zero-order valence-electron chi connectivity index (χ0n) is 15.2. The number of quaternary nitrogens is 1. The molecule has 0 radical (unpaired) electrons. The van der Waals surface area contributed by atoms with Gasteiger partial charge in [-0.05, 0) is 44.7 Å². The van der Waals surface area contributed by atoms with Crippen LogP contribution in [0.4, 0.5) is 5.69 Å². The first-order valence-corrected chi connectivity index (χ1v) is 8.70. The first-order chi connectivity index (χ1) is 11.4. The summed E-state index contributed by atoms with van der Waals surface area (Å²) < 4.78 is 0. The van der Waals surface area contributed by atoms with E-state index in [9.17, 15) is 10.1 Å². The number of anilines is 1. The van der Waals surface area contributed by atoms with E-state index in [4.69, 9.17) is 0 Å². The van der Waals surface area contributed by atoms with Crippen LogP contribution in [0.3, 0.4) is 0 Å². The summed E-state index contributed by atoms with van der Waals surface area (Å²) in [5.74, 6) is 0.280. The molecule has 2 N–H and O–H groups in total.